The molecule has 4 nitrogen and oxygen atoms in total. The molecule has 14 heavy (non-hydrogen) atoms. The molecule has 0 saturated heterocycles. The first kappa shape index (κ1) is 14.1. The molecule has 0 saturated carbocycles. The van der Waals surface area contributed by atoms with Gasteiger partial charge >= 0.3 is 9.05 Å². The summed E-state index contributed by atoms with van der Waals surface area (Å²) in [5.41, 5.74) is 0. The molecule has 0 fully saturated rings. The van der Waals surface area contributed by atoms with Gasteiger partial charge < -0.3 is 17.7 Å². The molecule has 0 heterocycles. The van der Waals surface area contributed by atoms with Gasteiger partial charge in [-0.25, -0.2) is 0 Å². The van der Waals surface area contributed by atoms with E-state index in [-0.39, 0.29) is 6.10 Å². The first-order valence-corrected chi connectivity index (χ1v) is 6.83. The Kier molecular flexibility index (Phi) is 7.39. The smallest absolute Gasteiger partial charge is 0.351 e. The van der Waals surface area contributed by atoms with E-state index in [2.05, 4.69) is 0 Å². The maximum absolute atomic E-state index is 5.63. The minimum atomic E-state index is -2.86. The fourth-order valence-electron chi connectivity index (χ4n) is 1.05. The minimum absolute atomic E-state index is 0.0475. The quantitative estimate of drug-likeness (QED) is 0.588. The van der Waals surface area contributed by atoms with Gasteiger partial charge in [0.2, 0.25) is 0 Å². The van der Waals surface area contributed by atoms with E-state index in [9.17, 15) is 0 Å². The van der Waals surface area contributed by atoms with Gasteiger partial charge in [-0.1, -0.05) is 0 Å². The Morgan fingerprint density at radius 3 is 1.43 bits per heavy atom. The molecular weight excluding hydrogens is 200 g/mol. The molecule has 0 bridgehead atoms. The Labute approximate surface area is 88.0 Å². The maximum atomic E-state index is 5.63. The Bertz CT molecular complexity index is 124. The van der Waals surface area contributed by atoms with Crippen LogP contribution in [0.25, 0.3) is 0 Å². The molecule has 5 heteroatoms. The normalized spacial score (nSPS) is 12.4. The summed E-state index contributed by atoms with van der Waals surface area (Å²) in [5, 5.41) is 0. The lowest BCUT2D eigenvalue weighted by molar-refractivity contribution is -0.0425. The third-order valence-corrected chi connectivity index (χ3v) is 4.03. The lowest BCUT2D eigenvalue weighted by Gasteiger charge is -2.28. The van der Waals surface area contributed by atoms with Gasteiger partial charge in [-0.3, -0.25) is 0 Å². The van der Waals surface area contributed by atoms with Gasteiger partial charge in [0, 0.05) is 25.9 Å². The average molecular weight is 222 g/mol. The summed E-state index contributed by atoms with van der Waals surface area (Å²) >= 11 is 0. The van der Waals surface area contributed by atoms with Crippen molar-refractivity contribution in [3.63, 3.8) is 0 Å². The van der Waals surface area contributed by atoms with Gasteiger partial charge in [0.15, 0.2) is 0 Å². The number of hydrogen-bond donors (Lipinski definition) is 0. The summed E-state index contributed by atoms with van der Waals surface area (Å²) in [4.78, 5) is 0. The van der Waals surface area contributed by atoms with Crippen LogP contribution < -0.4 is 0 Å². The molecule has 0 radical (unpaired) electrons. The van der Waals surface area contributed by atoms with E-state index in [1.807, 2.05) is 34.6 Å². The van der Waals surface area contributed by atoms with Crippen LogP contribution in [0, 0.1) is 0 Å². The highest BCUT2D eigenvalue weighted by atomic mass is 28.4. The summed E-state index contributed by atoms with van der Waals surface area (Å²) in [6.07, 6.45) is 0.0475. The first-order chi connectivity index (χ1) is 6.60. The molecule has 0 unspecified atom stereocenters. The van der Waals surface area contributed by atoms with E-state index in [0.29, 0.717) is 19.8 Å². The molecule has 0 amide bonds. The SMILES string of the molecule is CCO[Si](OCC)(OCC)OC(C)C. The fraction of sp³-hybridized carbons (Fsp3) is 1.00. The van der Waals surface area contributed by atoms with Crippen molar-refractivity contribution >= 4 is 9.05 Å². The molecule has 0 spiro atoms. The van der Waals surface area contributed by atoms with Crippen molar-refractivity contribution in [3.05, 3.63) is 0 Å². The van der Waals surface area contributed by atoms with Crippen LogP contribution in [0.15, 0.2) is 0 Å². The van der Waals surface area contributed by atoms with E-state index in [1.54, 1.807) is 0 Å². The zero-order valence-electron chi connectivity index (χ0n) is 9.83. The van der Waals surface area contributed by atoms with E-state index in [4.69, 9.17) is 17.7 Å². The molecule has 0 rings (SSSR count). The summed E-state index contributed by atoms with van der Waals surface area (Å²) < 4.78 is 22.1. The predicted molar refractivity (Wildman–Crippen MR) is 56.9 cm³/mol. The van der Waals surface area contributed by atoms with Gasteiger partial charge in [-0.2, -0.15) is 0 Å². The standard InChI is InChI=1S/C9H22O4Si/c1-6-10-14(11-7-2,12-8-3)13-9(4)5/h9H,6-8H2,1-5H3. The number of rotatable bonds is 8. The van der Waals surface area contributed by atoms with Crippen molar-refractivity contribution in [1.29, 1.82) is 0 Å². The van der Waals surface area contributed by atoms with Gasteiger partial charge in [0.05, 0.1) is 0 Å². The lowest BCUT2D eigenvalue weighted by atomic mass is 10.5. The monoisotopic (exact) mass is 222 g/mol. The largest absolute Gasteiger partial charge is 0.679 e. The summed E-state index contributed by atoms with van der Waals surface area (Å²) in [7, 11) is -2.86. The van der Waals surface area contributed by atoms with Crippen LogP contribution in [0.4, 0.5) is 0 Å². The Morgan fingerprint density at radius 1 is 0.857 bits per heavy atom. The van der Waals surface area contributed by atoms with Gasteiger partial charge in [0.25, 0.3) is 0 Å². The molecule has 0 aromatic heterocycles. The van der Waals surface area contributed by atoms with Crippen molar-refractivity contribution < 1.29 is 17.7 Å². The molecule has 0 aliphatic rings. The summed E-state index contributed by atoms with van der Waals surface area (Å²) in [6.45, 7) is 11.2. The van der Waals surface area contributed by atoms with E-state index in [0.717, 1.165) is 0 Å². The molecule has 0 aliphatic heterocycles. The van der Waals surface area contributed by atoms with E-state index in [1.165, 1.54) is 0 Å². The van der Waals surface area contributed by atoms with Crippen LogP contribution in [0.2, 0.25) is 0 Å². The molecule has 0 aliphatic carbocycles. The van der Waals surface area contributed by atoms with Crippen LogP contribution in [-0.4, -0.2) is 35.0 Å². The van der Waals surface area contributed by atoms with E-state index < -0.39 is 9.05 Å². The Hall–Kier alpha value is 0.0569. The van der Waals surface area contributed by atoms with Gasteiger partial charge in [-0.15, -0.1) is 0 Å². The second-order valence-electron chi connectivity index (χ2n) is 2.97. The molecule has 0 aromatic carbocycles. The number of hydrogen-bond acceptors (Lipinski definition) is 4. The zero-order chi connectivity index (χ0) is 11.0. The van der Waals surface area contributed by atoms with Crippen molar-refractivity contribution in [1.82, 2.24) is 0 Å². The highest BCUT2D eigenvalue weighted by Gasteiger charge is 2.45. The maximum Gasteiger partial charge on any atom is 0.679 e. The van der Waals surface area contributed by atoms with Crippen molar-refractivity contribution in [2.45, 2.75) is 40.7 Å². The molecule has 0 aromatic rings. The van der Waals surface area contributed by atoms with Crippen molar-refractivity contribution in [2.24, 2.45) is 0 Å². The minimum Gasteiger partial charge on any atom is -0.351 e. The Balaban J connectivity index is 4.37. The van der Waals surface area contributed by atoms with Crippen LogP contribution in [0.5, 0.6) is 0 Å². The molecular formula is C9H22O4Si. The van der Waals surface area contributed by atoms with Crippen LogP contribution in [0.3, 0.4) is 0 Å². The van der Waals surface area contributed by atoms with Gasteiger partial charge in [-0.05, 0) is 34.6 Å². The molecule has 86 valence electrons. The second-order valence-corrected chi connectivity index (χ2v) is 5.07. The lowest BCUT2D eigenvalue weighted by Crippen LogP contribution is -2.50. The fourth-order valence-corrected chi connectivity index (χ4v) is 3.14. The second kappa shape index (κ2) is 7.36. The summed E-state index contributed by atoms with van der Waals surface area (Å²) in [6, 6.07) is 0. The topological polar surface area (TPSA) is 36.9 Å². The highest BCUT2D eigenvalue weighted by Crippen LogP contribution is 2.14. The van der Waals surface area contributed by atoms with E-state index >= 15 is 0 Å². The van der Waals surface area contributed by atoms with Crippen LogP contribution in [0.1, 0.15) is 34.6 Å². The third-order valence-electron chi connectivity index (χ3n) is 1.34. The highest BCUT2D eigenvalue weighted by molar-refractivity contribution is 6.53. The molecule has 0 atom stereocenters. The average Bonchev–Trinajstić information content (AvgIpc) is 2.03. The molecule has 0 N–H and O–H groups in total. The first-order valence-electron chi connectivity index (χ1n) is 5.19. The third kappa shape index (κ3) is 5.07. The Morgan fingerprint density at radius 2 is 1.21 bits per heavy atom. The van der Waals surface area contributed by atoms with Crippen molar-refractivity contribution in [2.75, 3.05) is 19.8 Å². The van der Waals surface area contributed by atoms with Crippen molar-refractivity contribution in [3.8, 4) is 0 Å². The van der Waals surface area contributed by atoms with Crippen LogP contribution in [-0.2, 0) is 17.7 Å². The van der Waals surface area contributed by atoms with Crippen LogP contribution >= 0.6 is 0 Å². The van der Waals surface area contributed by atoms with Gasteiger partial charge in [0.1, 0.15) is 0 Å². The zero-order valence-corrected chi connectivity index (χ0v) is 10.8. The summed E-state index contributed by atoms with van der Waals surface area (Å²) in [5.74, 6) is 0. The predicted octanol–water partition coefficient (Wildman–Crippen LogP) is 1.96.